The molecule has 0 heterocycles. The molecule has 0 aromatic heterocycles. The van der Waals surface area contributed by atoms with E-state index >= 15 is 0 Å². The van der Waals surface area contributed by atoms with Gasteiger partial charge in [0, 0.05) is 6.07 Å². The Labute approximate surface area is 141 Å². The first kappa shape index (κ1) is 18.2. The van der Waals surface area contributed by atoms with Crippen LogP contribution in [-0.4, -0.2) is 24.1 Å². The number of methoxy groups -OCH3 is 1. The van der Waals surface area contributed by atoms with Crippen LogP contribution in [0.3, 0.4) is 0 Å². The Hall–Kier alpha value is -2.11. The number of carboxylic acids is 1. The Bertz CT molecular complexity index is 613. The van der Waals surface area contributed by atoms with Crippen LogP contribution in [0, 0.1) is 17.2 Å². The monoisotopic (exact) mass is 337 g/mol. The summed E-state index contributed by atoms with van der Waals surface area (Å²) in [5.74, 6) is -1.65. The predicted octanol–water partition coefficient (Wildman–Crippen LogP) is 3.83. The Kier molecular flexibility index (Phi) is 5.80. The molecule has 24 heavy (non-hydrogen) atoms. The highest BCUT2D eigenvalue weighted by Gasteiger charge is 2.43. The maximum atomic E-state index is 14.0. The first-order valence-corrected chi connectivity index (χ1v) is 8.23. The van der Waals surface area contributed by atoms with E-state index in [2.05, 4.69) is 5.32 Å². The van der Waals surface area contributed by atoms with Crippen molar-refractivity contribution in [3.8, 4) is 5.75 Å². The van der Waals surface area contributed by atoms with Gasteiger partial charge in [-0.1, -0.05) is 19.3 Å². The van der Waals surface area contributed by atoms with Crippen LogP contribution in [0.15, 0.2) is 18.2 Å². The van der Waals surface area contributed by atoms with E-state index in [0.29, 0.717) is 5.75 Å². The molecular formula is C18H24FNO4. The zero-order valence-corrected chi connectivity index (χ0v) is 14.1. The molecule has 1 unspecified atom stereocenters. The number of nitrogens with one attached hydrogen (secondary N) is 1. The summed E-state index contributed by atoms with van der Waals surface area (Å²) >= 11 is 0. The van der Waals surface area contributed by atoms with Gasteiger partial charge in [0.15, 0.2) is 0 Å². The first-order valence-electron chi connectivity index (χ1n) is 8.23. The second-order valence-electron chi connectivity index (χ2n) is 6.62. The number of anilines is 1. The maximum absolute atomic E-state index is 14.0. The molecule has 6 heteroatoms. The minimum absolute atomic E-state index is 0.00627. The molecule has 1 fully saturated rings. The van der Waals surface area contributed by atoms with Crippen LogP contribution in [0.1, 0.15) is 45.4 Å². The highest BCUT2D eigenvalue weighted by molar-refractivity contribution is 5.97. The van der Waals surface area contributed by atoms with E-state index in [1.165, 1.54) is 25.3 Å². The van der Waals surface area contributed by atoms with Crippen molar-refractivity contribution in [2.45, 2.75) is 45.4 Å². The van der Waals surface area contributed by atoms with E-state index in [4.69, 9.17) is 4.74 Å². The molecule has 1 amide bonds. The van der Waals surface area contributed by atoms with Gasteiger partial charge >= 0.3 is 5.97 Å². The van der Waals surface area contributed by atoms with Crippen molar-refractivity contribution < 1.29 is 23.8 Å². The summed E-state index contributed by atoms with van der Waals surface area (Å²) in [5, 5.41) is 11.8. The highest BCUT2D eigenvalue weighted by Crippen LogP contribution is 2.42. The lowest BCUT2D eigenvalue weighted by Gasteiger charge is -2.37. The Morgan fingerprint density at radius 1 is 1.33 bits per heavy atom. The van der Waals surface area contributed by atoms with Crippen molar-refractivity contribution in [1.29, 1.82) is 0 Å². The molecule has 0 radical (unpaired) electrons. The summed E-state index contributed by atoms with van der Waals surface area (Å²) in [5.41, 5.74) is -1.06. The van der Waals surface area contributed by atoms with Crippen LogP contribution in [-0.2, 0) is 9.59 Å². The summed E-state index contributed by atoms with van der Waals surface area (Å²) < 4.78 is 19.0. The van der Waals surface area contributed by atoms with Gasteiger partial charge in [-0.05, 0) is 37.8 Å². The van der Waals surface area contributed by atoms with Gasteiger partial charge < -0.3 is 15.2 Å². The molecule has 2 rings (SSSR count). The van der Waals surface area contributed by atoms with Crippen LogP contribution in [0.2, 0.25) is 0 Å². The average molecular weight is 337 g/mol. The lowest BCUT2D eigenvalue weighted by molar-refractivity contribution is -0.145. The van der Waals surface area contributed by atoms with Crippen molar-refractivity contribution in [3.05, 3.63) is 24.0 Å². The van der Waals surface area contributed by atoms with Gasteiger partial charge in [0.1, 0.15) is 11.6 Å². The van der Waals surface area contributed by atoms with Gasteiger partial charge in [-0.15, -0.1) is 0 Å². The summed E-state index contributed by atoms with van der Waals surface area (Å²) in [7, 11) is 1.45. The normalized spacial score (nSPS) is 17.8. The number of carbonyl (C=O) groups excluding carboxylic acids is 1. The SMILES string of the molecule is COc1ccc(F)c(NC(=O)C(C)(CC(=O)O)C2CCCCC2)c1. The zero-order chi connectivity index (χ0) is 17.7. The first-order chi connectivity index (χ1) is 11.4. The second kappa shape index (κ2) is 7.64. The van der Waals surface area contributed by atoms with Crippen molar-refractivity contribution in [2.24, 2.45) is 11.3 Å². The van der Waals surface area contributed by atoms with E-state index in [1.807, 2.05) is 0 Å². The molecule has 1 aromatic carbocycles. The van der Waals surface area contributed by atoms with Gasteiger partial charge in [-0.2, -0.15) is 0 Å². The van der Waals surface area contributed by atoms with E-state index in [1.54, 1.807) is 6.92 Å². The molecular weight excluding hydrogens is 313 g/mol. The van der Waals surface area contributed by atoms with E-state index < -0.39 is 23.1 Å². The number of halogens is 1. The lowest BCUT2D eigenvalue weighted by atomic mass is 9.67. The molecule has 0 saturated heterocycles. The van der Waals surface area contributed by atoms with Crippen LogP contribution < -0.4 is 10.1 Å². The summed E-state index contributed by atoms with van der Waals surface area (Å²) in [6.07, 6.45) is 4.44. The van der Waals surface area contributed by atoms with E-state index in [9.17, 15) is 19.1 Å². The van der Waals surface area contributed by atoms with Crippen molar-refractivity contribution in [3.63, 3.8) is 0 Å². The minimum atomic E-state index is -1.07. The van der Waals surface area contributed by atoms with E-state index in [-0.39, 0.29) is 18.0 Å². The van der Waals surface area contributed by atoms with Crippen molar-refractivity contribution in [1.82, 2.24) is 0 Å². The third kappa shape index (κ3) is 4.04. The molecule has 0 aliphatic heterocycles. The average Bonchev–Trinajstić information content (AvgIpc) is 2.56. The largest absolute Gasteiger partial charge is 0.497 e. The molecule has 1 saturated carbocycles. The second-order valence-corrected chi connectivity index (χ2v) is 6.62. The van der Waals surface area contributed by atoms with Gasteiger partial charge in [-0.3, -0.25) is 9.59 Å². The molecule has 1 aliphatic rings. The van der Waals surface area contributed by atoms with Crippen molar-refractivity contribution in [2.75, 3.05) is 12.4 Å². The fourth-order valence-electron chi connectivity index (χ4n) is 3.46. The lowest BCUT2D eigenvalue weighted by Crippen LogP contribution is -2.42. The van der Waals surface area contributed by atoms with Gasteiger partial charge in [0.2, 0.25) is 5.91 Å². The topological polar surface area (TPSA) is 75.6 Å². The number of benzene rings is 1. The smallest absolute Gasteiger partial charge is 0.304 e. The van der Waals surface area contributed by atoms with Crippen molar-refractivity contribution >= 4 is 17.6 Å². The maximum Gasteiger partial charge on any atom is 0.304 e. The molecule has 1 aliphatic carbocycles. The fraction of sp³-hybridized carbons (Fsp3) is 0.556. The third-order valence-corrected chi connectivity index (χ3v) is 4.97. The predicted molar refractivity (Wildman–Crippen MR) is 88.5 cm³/mol. The summed E-state index contributed by atoms with van der Waals surface area (Å²) in [4.78, 5) is 24.1. The zero-order valence-electron chi connectivity index (χ0n) is 14.1. The van der Waals surface area contributed by atoms with Crippen LogP contribution in [0.25, 0.3) is 0 Å². The molecule has 5 nitrogen and oxygen atoms in total. The molecule has 132 valence electrons. The minimum Gasteiger partial charge on any atom is -0.497 e. The van der Waals surface area contributed by atoms with Gasteiger partial charge in [0.25, 0.3) is 0 Å². The van der Waals surface area contributed by atoms with Crippen LogP contribution >= 0.6 is 0 Å². The quantitative estimate of drug-likeness (QED) is 0.827. The number of hydrogen-bond acceptors (Lipinski definition) is 3. The number of ether oxygens (including phenoxy) is 1. The Balaban J connectivity index is 2.25. The summed E-state index contributed by atoms with van der Waals surface area (Å²) in [6, 6.07) is 4.07. The molecule has 0 spiro atoms. The van der Waals surface area contributed by atoms with Gasteiger partial charge in [-0.25, -0.2) is 4.39 Å². The Morgan fingerprint density at radius 3 is 2.58 bits per heavy atom. The summed E-state index contributed by atoms with van der Waals surface area (Å²) in [6.45, 7) is 1.67. The van der Waals surface area contributed by atoms with Gasteiger partial charge in [0.05, 0.1) is 24.6 Å². The number of aliphatic carboxylic acids is 1. The molecule has 2 N–H and O–H groups in total. The number of amides is 1. The number of carboxylic acid groups (broad SMARTS) is 1. The number of rotatable bonds is 6. The Morgan fingerprint density at radius 2 is 2.00 bits per heavy atom. The molecule has 0 bridgehead atoms. The van der Waals surface area contributed by atoms with Crippen LogP contribution in [0.4, 0.5) is 10.1 Å². The molecule has 1 atom stereocenters. The van der Waals surface area contributed by atoms with E-state index in [0.717, 1.165) is 32.1 Å². The highest BCUT2D eigenvalue weighted by atomic mass is 19.1. The van der Waals surface area contributed by atoms with Crippen LogP contribution in [0.5, 0.6) is 5.75 Å². The fourth-order valence-corrected chi connectivity index (χ4v) is 3.46. The molecule has 1 aromatic rings. The number of hydrogen-bond donors (Lipinski definition) is 2. The third-order valence-electron chi connectivity index (χ3n) is 4.97. The standard InChI is InChI=1S/C18H24FNO4/c1-18(11-16(21)22,12-6-4-3-5-7-12)17(23)20-15-10-13(24-2)8-9-14(15)19/h8-10,12H,3-7,11H2,1-2H3,(H,20,23)(H,21,22). The number of carbonyl (C=O) groups is 2.